The molecular weight excluding hydrogens is 461 g/mol. The number of anilines is 2. The van der Waals surface area contributed by atoms with Crippen LogP contribution >= 0.6 is 23.2 Å². The number of aromatic nitrogens is 3. The van der Waals surface area contributed by atoms with Gasteiger partial charge in [-0.3, -0.25) is 14.2 Å². The van der Waals surface area contributed by atoms with Gasteiger partial charge in [0.2, 0.25) is 0 Å². The Hall–Kier alpha value is -3.42. The van der Waals surface area contributed by atoms with Crippen molar-refractivity contribution in [3.8, 4) is 5.69 Å². The number of nitrogens with zero attached hydrogens (tertiary/aromatic N) is 3. The summed E-state index contributed by atoms with van der Waals surface area (Å²) in [6, 6.07) is 13.9. The smallest absolute Gasteiger partial charge is 0.264 e. The number of benzene rings is 2. The standard InChI is InChI=1S/C24H19Cl2N5O2/c1-13(30-23-19-17(32)10-11-27-22(19)28-12-29-23)21-20(26)15-8-5-9-16(25)18(15)24(33)31(21)14-6-3-2-4-7-14/h2-9,12-13H,10-11H2,1H3,(H2,27,28,29,30). The minimum atomic E-state index is -0.484. The summed E-state index contributed by atoms with van der Waals surface area (Å²) in [6.45, 7) is 2.40. The minimum absolute atomic E-state index is 0.0455. The molecule has 1 aliphatic rings. The van der Waals surface area contributed by atoms with Gasteiger partial charge in [-0.15, -0.1) is 0 Å². The number of fused-ring (bicyclic) bond motifs is 2. The number of carbonyl (C=O) groups is 1. The molecule has 5 rings (SSSR count). The molecule has 0 spiro atoms. The summed E-state index contributed by atoms with van der Waals surface area (Å²) in [5.74, 6) is 0.836. The number of hydrogen-bond donors (Lipinski definition) is 2. The zero-order chi connectivity index (χ0) is 23.1. The van der Waals surface area contributed by atoms with E-state index in [0.717, 1.165) is 0 Å². The first-order valence-corrected chi connectivity index (χ1v) is 11.2. The van der Waals surface area contributed by atoms with Gasteiger partial charge >= 0.3 is 0 Å². The Morgan fingerprint density at radius 3 is 2.64 bits per heavy atom. The molecule has 1 atom stereocenters. The highest BCUT2D eigenvalue weighted by molar-refractivity contribution is 6.40. The van der Waals surface area contributed by atoms with E-state index in [4.69, 9.17) is 23.2 Å². The van der Waals surface area contributed by atoms with Gasteiger partial charge in [-0.05, 0) is 25.1 Å². The van der Waals surface area contributed by atoms with E-state index >= 15 is 0 Å². The number of Topliss-reactive ketones (excluding diaryl/α,β-unsaturated/α-hetero) is 1. The van der Waals surface area contributed by atoms with Crippen molar-refractivity contribution in [3.63, 3.8) is 0 Å². The third-order valence-corrected chi connectivity index (χ3v) is 6.39. The molecule has 0 saturated heterocycles. The van der Waals surface area contributed by atoms with Gasteiger partial charge in [-0.2, -0.15) is 0 Å². The zero-order valence-corrected chi connectivity index (χ0v) is 19.1. The molecule has 9 heteroatoms. The number of nitrogens with one attached hydrogen (secondary N) is 2. The highest BCUT2D eigenvalue weighted by Crippen LogP contribution is 2.35. The number of pyridine rings is 1. The number of hydrogen-bond acceptors (Lipinski definition) is 6. The zero-order valence-electron chi connectivity index (χ0n) is 17.6. The summed E-state index contributed by atoms with van der Waals surface area (Å²) in [6.07, 6.45) is 1.75. The molecule has 4 aromatic rings. The number of carbonyl (C=O) groups excluding carboxylic acids is 1. The topological polar surface area (TPSA) is 88.9 Å². The van der Waals surface area contributed by atoms with E-state index in [1.165, 1.54) is 6.33 Å². The Balaban J connectivity index is 1.73. The van der Waals surface area contributed by atoms with Gasteiger partial charge in [0.1, 0.15) is 23.5 Å². The predicted octanol–water partition coefficient (Wildman–Crippen LogP) is 5.26. The highest BCUT2D eigenvalue weighted by Gasteiger charge is 2.27. The third-order valence-electron chi connectivity index (χ3n) is 5.68. The molecule has 166 valence electrons. The average Bonchev–Trinajstić information content (AvgIpc) is 2.81. The monoisotopic (exact) mass is 479 g/mol. The van der Waals surface area contributed by atoms with E-state index in [1.54, 1.807) is 22.8 Å². The van der Waals surface area contributed by atoms with E-state index in [1.807, 2.05) is 37.3 Å². The lowest BCUT2D eigenvalue weighted by molar-refractivity contribution is 0.0983. The van der Waals surface area contributed by atoms with Crippen LogP contribution in [0, 0.1) is 0 Å². The molecule has 0 radical (unpaired) electrons. The van der Waals surface area contributed by atoms with E-state index in [0.29, 0.717) is 62.4 Å². The molecular formula is C24H19Cl2N5O2. The first-order valence-electron chi connectivity index (χ1n) is 10.4. The fourth-order valence-electron chi connectivity index (χ4n) is 4.18. The first kappa shape index (κ1) is 21.4. The lowest BCUT2D eigenvalue weighted by atomic mass is 10.0. The molecule has 2 aromatic heterocycles. The van der Waals surface area contributed by atoms with E-state index in [2.05, 4.69) is 20.6 Å². The lowest BCUT2D eigenvalue weighted by Crippen LogP contribution is -2.27. The molecule has 1 unspecified atom stereocenters. The largest absolute Gasteiger partial charge is 0.369 e. The van der Waals surface area contributed by atoms with Crippen LogP contribution in [-0.2, 0) is 0 Å². The maximum Gasteiger partial charge on any atom is 0.264 e. The van der Waals surface area contributed by atoms with Gasteiger partial charge in [0.15, 0.2) is 5.78 Å². The lowest BCUT2D eigenvalue weighted by Gasteiger charge is -2.25. The Kier molecular flexibility index (Phi) is 5.52. The van der Waals surface area contributed by atoms with Crippen molar-refractivity contribution in [2.45, 2.75) is 19.4 Å². The van der Waals surface area contributed by atoms with E-state index < -0.39 is 6.04 Å². The van der Waals surface area contributed by atoms with Crippen LogP contribution in [0.25, 0.3) is 16.5 Å². The van der Waals surface area contributed by atoms with Crippen LogP contribution < -0.4 is 16.2 Å². The third kappa shape index (κ3) is 3.63. The van der Waals surface area contributed by atoms with Crippen LogP contribution in [0.3, 0.4) is 0 Å². The summed E-state index contributed by atoms with van der Waals surface area (Å²) < 4.78 is 1.56. The van der Waals surface area contributed by atoms with E-state index in [9.17, 15) is 9.59 Å². The van der Waals surface area contributed by atoms with Crippen LogP contribution in [0.2, 0.25) is 10.0 Å². The number of ketones is 1. The molecule has 2 aromatic carbocycles. The Labute approximate surface area is 199 Å². The van der Waals surface area contributed by atoms with Gasteiger partial charge < -0.3 is 10.6 Å². The van der Waals surface area contributed by atoms with Crippen molar-refractivity contribution >= 4 is 51.4 Å². The van der Waals surface area contributed by atoms with Gasteiger partial charge in [-0.1, -0.05) is 53.5 Å². The molecule has 3 heterocycles. The summed E-state index contributed by atoms with van der Waals surface area (Å²) in [4.78, 5) is 34.7. The van der Waals surface area contributed by atoms with Gasteiger partial charge in [0.25, 0.3) is 5.56 Å². The second-order valence-electron chi connectivity index (χ2n) is 7.75. The van der Waals surface area contributed by atoms with Crippen LogP contribution in [0.15, 0.2) is 59.7 Å². The molecule has 1 aliphatic heterocycles. The number of rotatable bonds is 4. The summed E-state index contributed by atoms with van der Waals surface area (Å²) >= 11 is 13.3. The average molecular weight is 480 g/mol. The first-order chi connectivity index (χ1) is 16.0. The van der Waals surface area contributed by atoms with Crippen molar-refractivity contribution in [1.29, 1.82) is 0 Å². The molecule has 0 amide bonds. The fourth-order valence-corrected chi connectivity index (χ4v) is 4.85. The summed E-state index contributed by atoms with van der Waals surface area (Å²) in [5.41, 5.74) is 1.31. The summed E-state index contributed by atoms with van der Waals surface area (Å²) in [7, 11) is 0. The van der Waals surface area contributed by atoms with Crippen LogP contribution in [0.5, 0.6) is 0 Å². The molecule has 7 nitrogen and oxygen atoms in total. The van der Waals surface area contributed by atoms with Crippen LogP contribution in [0.1, 0.15) is 35.4 Å². The van der Waals surface area contributed by atoms with Crippen molar-refractivity contribution in [2.24, 2.45) is 0 Å². The molecule has 0 bridgehead atoms. The maximum absolute atomic E-state index is 13.7. The van der Waals surface area contributed by atoms with Crippen LogP contribution in [0.4, 0.5) is 11.6 Å². The quantitative estimate of drug-likeness (QED) is 0.414. The van der Waals surface area contributed by atoms with Crippen molar-refractivity contribution in [1.82, 2.24) is 14.5 Å². The summed E-state index contributed by atoms with van der Waals surface area (Å²) in [5, 5.41) is 8.05. The van der Waals surface area contributed by atoms with Crippen molar-refractivity contribution in [2.75, 3.05) is 17.2 Å². The minimum Gasteiger partial charge on any atom is -0.369 e. The molecule has 0 fully saturated rings. The van der Waals surface area contributed by atoms with E-state index in [-0.39, 0.29) is 11.3 Å². The highest BCUT2D eigenvalue weighted by atomic mass is 35.5. The Morgan fingerprint density at radius 2 is 1.85 bits per heavy atom. The Bertz CT molecular complexity index is 1450. The second-order valence-corrected chi connectivity index (χ2v) is 8.53. The van der Waals surface area contributed by atoms with Crippen LogP contribution in [-0.4, -0.2) is 26.9 Å². The molecule has 0 saturated carbocycles. The predicted molar refractivity (Wildman–Crippen MR) is 131 cm³/mol. The van der Waals surface area contributed by atoms with Gasteiger partial charge in [-0.25, -0.2) is 9.97 Å². The molecule has 33 heavy (non-hydrogen) atoms. The second kappa shape index (κ2) is 8.50. The molecule has 0 aliphatic carbocycles. The van der Waals surface area contributed by atoms with Gasteiger partial charge in [0, 0.05) is 24.0 Å². The van der Waals surface area contributed by atoms with Gasteiger partial charge in [0.05, 0.1) is 27.2 Å². The SMILES string of the molecule is CC(Nc1ncnc2c1C(=O)CCN2)c1c(Cl)c2cccc(Cl)c2c(=O)n1-c1ccccc1. The number of para-hydroxylation sites is 1. The van der Waals surface area contributed by atoms with Crippen molar-refractivity contribution < 1.29 is 4.79 Å². The molecule has 2 N–H and O–H groups in total. The van der Waals surface area contributed by atoms with Crippen molar-refractivity contribution in [3.05, 3.63) is 86.5 Å². The number of halogens is 2. The Morgan fingerprint density at radius 1 is 1.06 bits per heavy atom. The maximum atomic E-state index is 13.7. The fraction of sp³-hybridized carbons (Fsp3) is 0.167. The normalized spacial score (nSPS) is 14.0.